The number of hydrogen-bond acceptors (Lipinski definition) is 4. The number of rotatable bonds is 3. The number of nitro groups is 1. The second kappa shape index (κ2) is 6.33. The highest BCUT2D eigenvalue weighted by Gasteiger charge is 2.20. The topological polar surface area (TPSA) is 104 Å². The molecule has 0 aliphatic heterocycles. The maximum Gasteiger partial charge on any atom is 0.319 e. The van der Waals surface area contributed by atoms with Crippen LogP contribution in [0.3, 0.4) is 0 Å². The van der Waals surface area contributed by atoms with E-state index < -0.39 is 4.92 Å². The zero-order valence-corrected chi connectivity index (χ0v) is 10.9. The molecule has 0 atom stereocenters. The Bertz CT molecular complexity index is 481. The zero-order chi connectivity index (χ0) is 14.5. The van der Waals surface area contributed by atoms with E-state index in [-0.39, 0.29) is 23.9 Å². The maximum atomic E-state index is 11.8. The van der Waals surface area contributed by atoms with E-state index in [1.165, 1.54) is 24.3 Å². The van der Waals surface area contributed by atoms with Crippen molar-refractivity contribution in [2.45, 2.75) is 37.8 Å². The molecular formula is C13H17N3O4. The minimum Gasteiger partial charge on any atom is -0.393 e. The molecule has 3 N–H and O–H groups in total. The van der Waals surface area contributed by atoms with Crippen LogP contribution in [0.4, 0.5) is 16.2 Å². The quantitative estimate of drug-likeness (QED) is 0.581. The van der Waals surface area contributed by atoms with Crippen molar-refractivity contribution in [3.8, 4) is 0 Å². The summed E-state index contributed by atoms with van der Waals surface area (Å²) in [6.45, 7) is 0. The number of nitrogens with zero attached hydrogens (tertiary/aromatic N) is 1. The number of carbonyl (C=O) groups excluding carboxylic acids is 1. The molecule has 20 heavy (non-hydrogen) atoms. The minimum atomic E-state index is -0.489. The molecule has 0 bridgehead atoms. The van der Waals surface area contributed by atoms with Crippen LogP contribution in [0.15, 0.2) is 24.3 Å². The van der Waals surface area contributed by atoms with Crippen LogP contribution in [0.25, 0.3) is 0 Å². The first kappa shape index (κ1) is 14.3. The Hall–Kier alpha value is -2.15. The Balaban J connectivity index is 1.83. The molecule has 2 amide bonds. The van der Waals surface area contributed by atoms with Gasteiger partial charge in [-0.2, -0.15) is 0 Å². The van der Waals surface area contributed by atoms with Gasteiger partial charge in [-0.25, -0.2) is 4.79 Å². The van der Waals surface area contributed by atoms with Gasteiger partial charge < -0.3 is 15.7 Å². The smallest absolute Gasteiger partial charge is 0.319 e. The van der Waals surface area contributed by atoms with E-state index in [9.17, 15) is 20.0 Å². The lowest BCUT2D eigenvalue weighted by atomic mass is 9.93. The van der Waals surface area contributed by atoms with Gasteiger partial charge in [0, 0.05) is 23.9 Å². The van der Waals surface area contributed by atoms with Crippen molar-refractivity contribution in [3.05, 3.63) is 34.4 Å². The van der Waals surface area contributed by atoms with Crippen LogP contribution in [0.2, 0.25) is 0 Å². The summed E-state index contributed by atoms with van der Waals surface area (Å²) in [6.07, 6.45) is 2.65. The van der Waals surface area contributed by atoms with Crippen LogP contribution in [0.1, 0.15) is 25.7 Å². The molecule has 1 aromatic rings. The zero-order valence-electron chi connectivity index (χ0n) is 10.9. The van der Waals surface area contributed by atoms with Gasteiger partial charge in [-0.05, 0) is 37.8 Å². The Morgan fingerprint density at radius 2 is 1.80 bits per heavy atom. The van der Waals surface area contributed by atoms with Crippen LogP contribution >= 0.6 is 0 Å². The fourth-order valence-electron chi connectivity index (χ4n) is 2.24. The molecule has 7 heteroatoms. The molecule has 108 valence electrons. The van der Waals surface area contributed by atoms with Crippen molar-refractivity contribution in [2.24, 2.45) is 0 Å². The largest absolute Gasteiger partial charge is 0.393 e. The predicted molar refractivity (Wildman–Crippen MR) is 73.5 cm³/mol. The van der Waals surface area contributed by atoms with Crippen LogP contribution in [-0.2, 0) is 0 Å². The number of carbonyl (C=O) groups is 1. The molecular weight excluding hydrogens is 262 g/mol. The number of nitro benzene ring substituents is 1. The number of urea groups is 1. The number of aliphatic hydroxyl groups is 1. The lowest BCUT2D eigenvalue weighted by Gasteiger charge is -2.26. The van der Waals surface area contributed by atoms with E-state index in [1.807, 2.05) is 0 Å². The summed E-state index contributed by atoms with van der Waals surface area (Å²) in [4.78, 5) is 21.8. The van der Waals surface area contributed by atoms with Crippen LogP contribution < -0.4 is 10.6 Å². The summed E-state index contributed by atoms with van der Waals surface area (Å²) in [6, 6.07) is 5.39. The number of non-ortho nitro benzene ring substituents is 1. The second-order valence-corrected chi connectivity index (χ2v) is 4.91. The molecule has 1 saturated carbocycles. The molecule has 7 nitrogen and oxygen atoms in total. The van der Waals surface area contributed by atoms with Gasteiger partial charge in [0.25, 0.3) is 5.69 Å². The predicted octanol–water partition coefficient (Wildman–Crippen LogP) is 2.02. The Labute approximate surface area is 116 Å². The molecule has 1 aliphatic carbocycles. The SMILES string of the molecule is O=C(Nc1ccc([N+](=O)[O-])cc1)NC1CCC(O)CC1. The summed E-state index contributed by atoms with van der Waals surface area (Å²) < 4.78 is 0. The number of aliphatic hydroxyl groups excluding tert-OH is 1. The summed E-state index contributed by atoms with van der Waals surface area (Å²) in [5, 5.41) is 25.4. The Morgan fingerprint density at radius 3 is 2.35 bits per heavy atom. The van der Waals surface area contributed by atoms with E-state index in [0.29, 0.717) is 18.5 Å². The van der Waals surface area contributed by atoms with Crippen LogP contribution in [0, 0.1) is 10.1 Å². The van der Waals surface area contributed by atoms with Crippen molar-refractivity contribution < 1.29 is 14.8 Å². The van der Waals surface area contributed by atoms with Crippen molar-refractivity contribution >= 4 is 17.4 Å². The van der Waals surface area contributed by atoms with Crippen molar-refractivity contribution in [1.29, 1.82) is 0 Å². The summed E-state index contributed by atoms with van der Waals surface area (Å²) in [5.41, 5.74) is 0.487. The number of hydrogen-bond donors (Lipinski definition) is 3. The van der Waals surface area contributed by atoms with Gasteiger partial charge in [-0.1, -0.05) is 0 Å². The summed E-state index contributed by atoms with van der Waals surface area (Å²) in [5.74, 6) is 0. The normalized spacial score (nSPS) is 22.1. The highest BCUT2D eigenvalue weighted by molar-refractivity contribution is 5.89. The van der Waals surface area contributed by atoms with Gasteiger partial charge in [-0.3, -0.25) is 10.1 Å². The molecule has 0 heterocycles. The molecule has 1 fully saturated rings. The van der Waals surface area contributed by atoms with Crippen molar-refractivity contribution in [2.75, 3.05) is 5.32 Å². The van der Waals surface area contributed by atoms with Crippen LogP contribution in [0.5, 0.6) is 0 Å². The highest BCUT2D eigenvalue weighted by Crippen LogP contribution is 2.19. The van der Waals surface area contributed by atoms with Crippen LogP contribution in [-0.4, -0.2) is 28.2 Å². The molecule has 2 rings (SSSR count). The highest BCUT2D eigenvalue weighted by atomic mass is 16.6. The molecule has 1 aromatic carbocycles. The lowest BCUT2D eigenvalue weighted by molar-refractivity contribution is -0.384. The van der Waals surface area contributed by atoms with Gasteiger partial charge in [0.2, 0.25) is 0 Å². The Morgan fingerprint density at radius 1 is 1.20 bits per heavy atom. The average Bonchev–Trinajstić information content (AvgIpc) is 2.42. The number of benzene rings is 1. The third kappa shape index (κ3) is 3.92. The molecule has 0 aromatic heterocycles. The third-order valence-electron chi connectivity index (χ3n) is 3.37. The average molecular weight is 279 g/mol. The second-order valence-electron chi connectivity index (χ2n) is 4.91. The van der Waals surface area contributed by atoms with E-state index in [4.69, 9.17) is 0 Å². The minimum absolute atomic E-state index is 0.0165. The molecule has 0 radical (unpaired) electrons. The van der Waals surface area contributed by atoms with Gasteiger partial charge >= 0.3 is 6.03 Å². The fraction of sp³-hybridized carbons (Fsp3) is 0.462. The van der Waals surface area contributed by atoms with E-state index in [2.05, 4.69) is 10.6 Å². The number of amides is 2. The Kier molecular flexibility index (Phi) is 4.52. The first-order valence-corrected chi connectivity index (χ1v) is 6.54. The first-order valence-electron chi connectivity index (χ1n) is 6.54. The first-order chi connectivity index (χ1) is 9.54. The number of nitrogens with one attached hydrogen (secondary N) is 2. The summed E-state index contributed by atoms with van der Waals surface area (Å²) >= 11 is 0. The van der Waals surface area contributed by atoms with E-state index in [0.717, 1.165) is 12.8 Å². The van der Waals surface area contributed by atoms with E-state index in [1.54, 1.807) is 0 Å². The molecule has 0 spiro atoms. The van der Waals surface area contributed by atoms with Crippen molar-refractivity contribution in [1.82, 2.24) is 5.32 Å². The lowest BCUT2D eigenvalue weighted by Crippen LogP contribution is -2.40. The molecule has 0 unspecified atom stereocenters. The van der Waals surface area contributed by atoms with Gasteiger partial charge in [0.1, 0.15) is 0 Å². The standard InChI is InChI=1S/C13H17N3O4/c17-12-7-3-10(4-8-12)15-13(18)14-9-1-5-11(6-2-9)16(19)20/h1-2,5-6,10,12,17H,3-4,7-8H2,(H2,14,15,18). The maximum absolute atomic E-state index is 11.8. The number of anilines is 1. The fourth-order valence-corrected chi connectivity index (χ4v) is 2.24. The van der Waals surface area contributed by atoms with Gasteiger partial charge in [0.05, 0.1) is 11.0 Å². The molecule has 1 aliphatic rings. The summed E-state index contributed by atoms with van der Waals surface area (Å²) in [7, 11) is 0. The van der Waals surface area contributed by atoms with Gasteiger partial charge in [-0.15, -0.1) is 0 Å². The van der Waals surface area contributed by atoms with Gasteiger partial charge in [0.15, 0.2) is 0 Å². The third-order valence-corrected chi connectivity index (χ3v) is 3.37. The van der Waals surface area contributed by atoms with E-state index >= 15 is 0 Å². The monoisotopic (exact) mass is 279 g/mol. The van der Waals surface area contributed by atoms with Crippen molar-refractivity contribution in [3.63, 3.8) is 0 Å². The molecule has 0 saturated heterocycles.